The predicted molar refractivity (Wildman–Crippen MR) is 77.4 cm³/mol. The van der Waals surface area contributed by atoms with E-state index in [1.165, 1.54) is 0 Å². The molecule has 0 aromatic heterocycles. The van der Waals surface area contributed by atoms with Gasteiger partial charge in [-0.15, -0.1) is 0 Å². The molecule has 0 spiro atoms. The first-order chi connectivity index (χ1) is 8.28. The largest absolute Gasteiger partial charge is 0.354 e. The number of carbonyl (C=O) groups excluding carboxylic acids is 1. The first-order valence-corrected chi connectivity index (χ1v) is 7.02. The molecule has 0 aliphatic carbocycles. The Morgan fingerprint density at radius 3 is 2.11 bits per heavy atom. The number of carbonyl (C=O) groups is 1. The number of hydrogen-bond acceptors (Lipinski definition) is 3. The summed E-state index contributed by atoms with van der Waals surface area (Å²) in [4.78, 5) is 14.4. The average molecular weight is 257 g/mol. The van der Waals surface area contributed by atoms with Crippen molar-refractivity contribution in [2.45, 2.75) is 60.0 Å². The Morgan fingerprint density at radius 2 is 1.78 bits per heavy atom. The van der Waals surface area contributed by atoms with Crippen LogP contribution in [0.15, 0.2) is 0 Å². The Hall–Kier alpha value is -0.610. The van der Waals surface area contributed by atoms with E-state index in [-0.39, 0.29) is 5.91 Å². The molecule has 0 saturated carbocycles. The number of nitrogens with zero attached hydrogens (tertiary/aromatic N) is 1. The molecule has 0 aliphatic rings. The van der Waals surface area contributed by atoms with Crippen molar-refractivity contribution in [1.29, 1.82) is 0 Å². The van der Waals surface area contributed by atoms with Crippen molar-refractivity contribution in [2.75, 3.05) is 19.6 Å². The number of amides is 1. The van der Waals surface area contributed by atoms with E-state index in [1.54, 1.807) is 0 Å². The van der Waals surface area contributed by atoms with Gasteiger partial charge >= 0.3 is 0 Å². The minimum absolute atomic E-state index is 0.0694. The number of rotatable bonds is 8. The van der Waals surface area contributed by atoms with Gasteiger partial charge in [-0.3, -0.25) is 9.69 Å². The van der Waals surface area contributed by atoms with Crippen LogP contribution in [0.2, 0.25) is 0 Å². The quantitative estimate of drug-likeness (QED) is 0.694. The van der Waals surface area contributed by atoms with Crippen LogP contribution in [0, 0.1) is 5.41 Å². The normalized spacial score (nSPS) is 15.2. The lowest BCUT2D eigenvalue weighted by Crippen LogP contribution is -2.47. The van der Waals surface area contributed by atoms with Gasteiger partial charge in [-0.25, -0.2) is 0 Å². The zero-order valence-corrected chi connectivity index (χ0v) is 12.9. The third-order valence-electron chi connectivity index (χ3n) is 3.76. The Kier molecular flexibility index (Phi) is 7.48. The summed E-state index contributed by atoms with van der Waals surface area (Å²) in [5.74, 6) is 0.0694. The van der Waals surface area contributed by atoms with Crippen LogP contribution >= 0.6 is 0 Å². The fourth-order valence-electron chi connectivity index (χ4n) is 2.02. The molecule has 4 nitrogen and oxygen atoms in total. The molecule has 0 fully saturated rings. The van der Waals surface area contributed by atoms with E-state index in [1.807, 2.05) is 13.8 Å². The molecule has 0 aromatic carbocycles. The fourth-order valence-corrected chi connectivity index (χ4v) is 2.02. The van der Waals surface area contributed by atoms with Gasteiger partial charge in [0.1, 0.15) is 0 Å². The molecule has 0 radical (unpaired) electrons. The third kappa shape index (κ3) is 4.94. The van der Waals surface area contributed by atoms with Gasteiger partial charge in [-0.1, -0.05) is 6.92 Å². The van der Waals surface area contributed by atoms with E-state index in [4.69, 9.17) is 5.73 Å². The highest BCUT2D eigenvalue weighted by Gasteiger charge is 2.29. The molecule has 0 saturated heterocycles. The molecule has 3 N–H and O–H groups in total. The van der Waals surface area contributed by atoms with E-state index in [2.05, 4.69) is 37.9 Å². The van der Waals surface area contributed by atoms with Crippen LogP contribution in [0.5, 0.6) is 0 Å². The second-order valence-electron chi connectivity index (χ2n) is 5.80. The summed E-state index contributed by atoms with van der Waals surface area (Å²) in [5.41, 5.74) is 5.25. The minimum Gasteiger partial charge on any atom is -0.354 e. The summed E-state index contributed by atoms with van der Waals surface area (Å²) >= 11 is 0. The maximum absolute atomic E-state index is 12.0. The highest BCUT2D eigenvalue weighted by molar-refractivity contribution is 5.82. The zero-order valence-electron chi connectivity index (χ0n) is 12.9. The van der Waals surface area contributed by atoms with Crippen LogP contribution in [0.1, 0.15) is 48.0 Å². The summed E-state index contributed by atoms with van der Waals surface area (Å²) in [5, 5.41) is 3.00. The lowest BCUT2D eigenvalue weighted by molar-refractivity contribution is -0.130. The minimum atomic E-state index is -0.430. The molecule has 1 atom stereocenters. The number of hydrogen-bond donors (Lipinski definition) is 2. The van der Waals surface area contributed by atoms with Crippen LogP contribution in [-0.2, 0) is 4.79 Å². The lowest BCUT2D eigenvalue weighted by atomic mass is 9.87. The predicted octanol–water partition coefficient (Wildman–Crippen LogP) is 1.60. The summed E-state index contributed by atoms with van der Waals surface area (Å²) in [6.07, 6.45) is 0.771. The molecule has 1 amide bonds. The van der Waals surface area contributed by atoms with Gasteiger partial charge in [0, 0.05) is 31.7 Å². The first kappa shape index (κ1) is 17.4. The van der Waals surface area contributed by atoms with Crippen LogP contribution in [0.4, 0.5) is 0 Å². The van der Waals surface area contributed by atoms with Gasteiger partial charge in [-0.2, -0.15) is 0 Å². The smallest absolute Gasteiger partial charge is 0.227 e. The zero-order chi connectivity index (χ0) is 14.3. The van der Waals surface area contributed by atoms with Gasteiger partial charge in [0.15, 0.2) is 0 Å². The molecule has 0 heterocycles. The molecule has 18 heavy (non-hydrogen) atoms. The van der Waals surface area contributed by atoms with Crippen molar-refractivity contribution in [2.24, 2.45) is 11.1 Å². The topological polar surface area (TPSA) is 58.4 Å². The highest BCUT2D eigenvalue weighted by atomic mass is 16.2. The maximum atomic E-state index is 12.0. The molecule has 1 unspecified atom stereocenters. The molecular formula is C14H31N3O. The van der Waals surface area contributed by atoms with Gasteiger partial charge < -0.3 is 11.1 Å². The van der Waals surface area contributed by atoms with Crippen molar-refractivity contribution in [1.82, 2.24) is 10.2 Å². The SMILES string of the molecule is CCC(C)(CN)C(=O)NCCN(C(C)C)C(C)C. The molecule has 0 aliphatic heterocycles. The van der Waals surface area contributed by atoms with Gasteiger partial charge in [-0.05, 0) is 41.0 Å². The fraction of sp³-hybridized carbons (Fsp3) is 0.929. The molecule has 0 bridgehead atoms. The second kappa shape index (κ2) is 7.74. The Balaban J connectivity index is 4.22. The highest BCUT2D eigenvalue weighted by Crippen LogP contribution is 2.18. The van der Waals surface area contributed by atoms with Gasteiger partial charge in [0.05, 0.1) is 5.41 Å². The Morgan fingerprint density at radius 1 is 1.28 bits per heavy atom. The monoisotopic (exact) mass is 257 g/mol. The number of nitrogens with two attached hydrogens (primary N) is 1. The van der Waals surface area contributed by atoms with Crippen LogP contribution in [-0.4, -0.2) is 42.5 Å². The van der Waals surface area contributed by atoms with Crippen molar-refractivity contribution < 1.29 is 4.79 Å². The lowest BCUT2D eigenvalue weighted by Gasteiger charge is -2.31. The average Bonchev–Trinajstić information content (AvgIpc) is 2.32. The molecule has 108 valence electrons. The van der Waals surface area contributed by atoms with E-state index >= 15 is 0 Å². The van der Waals surface area contributed by atoms with Crippen LogP contribution in [0.25, 0.3) is 0 Å². The van der Waals surface area contributed by atoms with Crippen molar-refractivity contribution in [3.8, 4) is 0 Å². The maximum Gasteiger partial charge on any atom is 0.227 e. The first-order valence-electron chi connectivity index (χ1n) is 7.02. The molecule has 4 heteroatoms. The van der Waals surface area contributed by atoms with E-state index in [9.17, 15) is 4.79 Å². The Bertz CT molecular complexity index is 239. The van der Waals surface area contributed by atoms with E-state index < -0.39 is 5.41 Å². The summed E-state index contributed by atoms with van der Waals surface area (Å²) in [6.45, 7) is 14.6. The molecule has 0 aromatic rings. The van der Waals surface area contributed by atoms with E-state index in [0.29, 0.717) is 25.2 Å². The molecular weight excluding hydrogens is 226 g/mol. The summed E-state index contributed by atoms with van der Waals surface area (Å²) < 4.78 is 0. The van der Waals surface area contributed by atoms with Crippen molar-refractivity contribution >= 4 is 5.91 Å². The standard InChI is InChI=1S/C14H31N3O/c1-7-14(6,10-15)13(18)16-8-9-17(11(2)3)12(4)5/h11-12H,7-10,15H2,1-6H3,(H,16,18). The molecule has 0 rings (SSSR count). The van der Waals surface area contributed by atoms with E-state index in [0.717, 1.165) is 13.0 Å². The summed E-state index contributed by atoms with van der Waals surface area (Å²) in [7, 11) is 0. The summed E-state index contributed by atoms with van der Waals surface area (Å²) in [6, 6.07) is 0.989. The van der Waals surface area contributed by atoms with Crippen molar-refractivity contribution in [3.05, 3.63) is 0 Å². The van der Waals surface area contributed by atoms with Gasteiger partial charge in [0.2, 0.25) is 5.91 Å². The Labute approximate surface area is 112 Å². The van der Waals surface area contributed by atoms with Crippen LogP contribution < -0.4 is 11.1 Å². The van der Waals surface area contributed by atoms with Crippen molar-refractivity contribution in [3.63, 3.8) is 0 Å². The third-order valence-corrected chi connectivity index (χ3v) is 3.76. The number of nitrogens with one attached hydrogen (secondary N) is 1. The van der Waals surface area contributed by atoms with Crippen LogP contribution in [0.3, 0.4) is 0 Å². The second-order valence-corrected chi connectivity index (χ2v) is 5.80. The van der Waals surface area contributed by atoms with Gasteiger partial charge in [0.25, 0.3) is 0 Å².